The first-order valence-corrected chi connectivity index (χ1v) is 8.19. The molecule has 0 radical (unpaired) electrons. The molecule has 2 rings (SSSR count). The number of aryl methyl sites for hydroxylation is 1. The van der Waals surface area contributed by atoms with Crippen LogP contribution in [0.15, 0.2) is 12.1 Å². The van der Waals surface area contributed by atoms with Gasteiger partial charge >= 0.3 is 6.09 Å². The molecule has 1 aromatic carbocycles. The minimum atomic E-state index is -0.343. The molecular formula is C18H26N2O4. The summed E-state index contributed by atoms with van der Waals surface area (Å²) in [4.78, 5) is 27.8. The molecule has 1 aliphatic heterocycles. The number of nitrogens with zero attached hydrogens (tertiary/aromatic N) is 2. The summed E-state index contributed by atoms with van der Waals surface area (Å²) < 4.78 is 10.2. The van der Waals surface area contributed by atoms with E-state index >= 15 is 0 Å². The van der Waals surface area contributed by atoms with Crippen LogP contribution in [0.4, 0.5) is 4.79 Å². The molecule has 1 heterocycles. The van der Waals surface area contributed by atoms with Crippen molar-refractivity contribution in [2.75, 3.05) is 40.4 Å². The van der Waals surface area contributed by atoms with Crippen molar-refractivity contribution >= 4 is 12.0 Å². The molecule has 0 saturated carbocycles. The number of rotatable bonds is 3. The highest BCUT2D eigenvalue weighted by Crippen LogP contribution is 2.30. The third kappa shape index (κ3) is 3.63. The quantitative estimate of drug-likeness (QED) is 0.853. The fourth-order valence-electron chi connectivity index (χ4n) is 2.95. The highest BCUT2D eigenvalue weighted by Gasteiger charge is 2.26. The number of ether oxygens (including phenoxy) is 2. The Bertz CT molecular complexity index is 620. The molecular weight excluding hydrogens is 308 g/mol. The van der Waals surface area contributed by atoms with E-state index < -0.39 is 0 Å². The standard InChI is InChI=1S/C18H26N2O4/c1-12(2)14-11-15(13(3)10-16(14)23-4)17(21)19-6-8-20(9-7-19)18(22)24-5/h10-12H,6-9H2,1-5H3. The summed E-state index contributed by atoms with van der Waals surface area (Å²) >= 11 is 0. The van der Waals surface area contributed by atoms with Gasteiger partial charge in [0.1, 0.15) is 5.75 Å². The lowest BCUT2D eigenvalue weighted by Gasteiger charge is -2.34. The third-order valence-electron chi connectivity index (χ3n) is 4.43. The summed E-state index contributed by atoms with van der Waals surface area (Å²) in [5.41, 5.74) is 2.63. The van der Waals surface area contributed by atoms with Gasteiger partial charge < -0.3 is 19.3 Å². The van der Waals surface area contributed by atoms with Crippen molar-refractivity contribution in [3.8, 4) is 5.75 Å². The van der Waals surface area contributed by atoms with E-state index in [0.717, 1.165) is 16.9 Å². The van der Waals surface area contributed by atoms with Gasteiger partial charge in [-0.3, -0.25) is 4.79 Å². The summed E-state index contributed by atoms with van der Waals surface area (Å²) in [5, 5.41) is 0. The first kappa shape index (κ1) is 18.1. The van der Waals surface area contributed by atoms with E-state index in [2.05, 4.69) is 13.8 Å². The van der Waals surface area contributed by atoms with Gasteiger partial charge in [-0.2, -0.15) is 0 Å². The Kier molecular flexibility index (Phi) is 5.70. The highest BCUT2D eigenvalue weighted by atomic mass is 16.5. The van der Waals surface area contributed by atoms with Crippen LogP contribution >= 0.6 is 0 Å². The van der Waals surface area contributed by atoms with Gasteiger partial charge in [0.25, 0.3) is 5.91 Å². The molecule has 0 bridgehead atoms. The summed E-state index contributed by atoms with van der Waals surface area (Å²) in [5.74, 6) is 1.08. The maximum Gasteiger partial charge on any atom is 0.409 e. The van der Waals surface area contributed by atoms with Crippen LogP contribution in [0.1, 0.15) is 41.3 Å². The molecule has 6 heteroatoms. The average molecular weight is 334 g/mol. The van der Waals surface area contributed by atoms with Gasteiger partial charge in [-0.05, 0) is 36.1 Å². The van der Waals surface area contributed by atoms with Crippen LogP contribution < -0.4 is 4.74 Å². The van der Waals surface area contributed by atoms with Gasteiger partial charge in [0.2, 0.25) is 0 Å². The zero-order valence-corrected chi connectivity index (χ0v) is 15.1. The van der Waals surface area contributed by atoms with Crippen LogP contribution in [0.3, 0.4) is 0 Å². The van der Waals surface area contributed by atoms with Crippen molar-refractivity contribution in [2.24, 2.45) is 0 Å². The van der Waals surface area contributed by atoms with Gasteiger partial charge in [0, 0.05) is 31.7 Å². The maximum atomic E-state index is 12.9. The zero-order chi connectivity index (χ0) is 17.9. The number of carbonyl (C=O) groups excluding carboxylic acids is 2. The van der Waals surface area contributed by atoms with Gasteiger partial charge in [-0.1, -0.05) is 13.8 Å². The van der Waals surface area contributed by atoms with Gasteiger partial charge in [0.05, 0.1) is 14.2 Å². The van der Waals surface area contributed by atoms with Crippen molar-refractivity contribution in [2.45, 2.75) is 26.7 Å². The molecule has 0 atom stereocenters. The van der Waals surface area contributed by atoms with Crippen LogP contribution in [0, 0.1) is 6.92 Å². The summed E-state index contributed by atoms with van der Waals surface area (Å²) in [6.45, 7) is 8.08. The van der Waals surface area contributed by atoms with E-state index in [9.17, 15) is 9.59 Å². The molecule has 0 unspecified atom stereocenters. The van der Waals surface area contributed by atoms with E-state index in [0.29, 0.717) is 31.7 Å². The first-order valence-electron chi connectivity index (χ1n) is 8.19. The minimum Gasteiger partial charge on any atom is -0.496 e. The third-order valence-corrected chi connectivity index (χ3v) is 4.43. The number of piperazine rings is 1. The second kappa shape index (κ2) is 7.55. The SMILES string of the molecule is COC(=O)N1CCN(C(=O)c2cc(C(C)C)c(OC)cc2C)CC1. The lowest BCUT2D eigenvalue weighted by Crippen LogP contribution is -2.50. The Morgan fingerprint density at radius 1 is 1.04 bits per heavy atom. The van der Waals surface area contributed by atoms with Crippen molar-refractivity contribution in [1.29, 1.82) is 0 Å². The second-order valence-corrected chi connectivity index (χ2v) is 6.31. The van der Waals surface area contributed by atoms with Crippen LogP contribution in [0.5, 0.6) is 5.75 Å². The fraction of sp³-hybridized carbons (Fsp3) is 0.556. The van der Waals surface area contributed by atoms with E-state index in [1.54, 1.807) is 16.9 Å². The smallest absolute Gasteiger partial charge is 0.409 e. The molecule has 0 N–H and O–H groups in total. The fourth-order valence-corrected chi connectivity index (χ4v) is 2.95. The zero-order valence-electron chi connectivity index (χ0n) is 15.1. The predicted octanol–water partition coefficient (Wildman–Crippen LogP) is 2.65. The molecule has 1 aliphatic rings. The average Bonchev–Trinajstić information content (AvgIpc) is 2.59. The van der Waals surface area contributed by atoms with E-state index in [-0.39, 0.29) is 17.9 Å². The van der Waals surface area contributed by atoms with Crippen LogP contribution in [0.2, 0.25) is 0 Å². The number of benzene rings is 1. The first-order chi connectivity index (χ1) is 11.4. The van der Waals surface area contributed by atoms with Gasteiger partial charge in [-0.15, -0.1) is 0 Å². The Hall–Kier alpha value is -2.24. The van der Waals surface area contributed by atoms with Crippen LogP contribution in [-0.4, -0.2) is 62.2 Å². The van der Waals surface area contributed by atoms with E-state index in [1.165, 1.54) is 7.11 Å². The summed E-state index contributed by atoms with van der Waals surface area (Å²) in [6, 6.07) is 3.86. The van der Waals surface area contributed by atoms with Crippen molar-refractivity contribution < 1.29 is 19.1 Å². The molecule has 2 amide bonds. The topological polar surface area (TPSA) is 59.1 Å². The second-order valence-electron chi connectivity index (χ2n) is 6.31. The molecule has 1 fully saturated rings. The Labute approximate surface area is 143 Å². The van der Waals surface area contributed by atoms with Crippen molar-refractivity contribution in [3.05, 3.63) is 28.8 Å². The molecule has 24 heavy (non-hydrogen) atoms. The number of hydrogen-bond donors (Lipinski definition) is 0. The van der Waals surface area contributed by atoms with Crippen molar-refractivity contribution in [3.63, 3.8) is 0 Å². The largest absolute Gasteiger partial charge is 0.496 e. The normalized spacial score (nSPS) is 14.8. The highest BCUT2D eigenvalue weighted by molar-refractivity contribution is 5.96. The molecule has 132 valence electrons. The molecule has 0 spiro atoms. The van der Waals surface area contributed by atoms with Crippen LogP contribution in [0.25, 0.3) is 0 Å². The Morgan fingerprint density at radius 3 is 2.12 bits per heavy atom. The lowest BCUT2D eigenvalue weighted by atomic mass is 9.95. The minimum absolute atomic E-state index is 0.00145. The number of methoxy groups -OCH3 is 2. The molecule has 1 aromatic rings. The van der Waals surface area contributed by atoms with Crippen molar-refractivity contribution in [1.82, 2.24) is 9.80 Å². The summed E-state index contributed by atoms with van der Waals surface area (Å²) in [7, 11) is 3.02. The van der Waals surface area contributed by atoms with Gasteiger partial charge in [0.15, 0.2) is 0 Å². The maximum absolute atomic E-state index is 12.9. The monoisotopic (exact) mass is 334 g/mol. The Morgan fingerprint density at radius 2 is 1.62 bits per heavy atom. The molecule has 0 aliphatic carbocycles. The molecule has 0 aromatic heterocycles. The van der Waals surface area contributed by atoms with E-state index in [4.69, 9.17) is 9.47 Å². The molecule has 6 nitrogen and oxygen atoms in total. The number of hydrogen-bond acceptors (Lipinski definition) is 4. The lowest BCUT2D eigenvalue weighted by molar-refractivity contribution is 0.0599. The Balaban J connectivity index is 2.19. The predicted molar refractivity (Wildman–Crippen MR) is 91.7 cm³/mol. The van der Waals surface area contributed by atoms with Crippen LogP contribution in [-0.2, 0) is 4.74 Å². The number of carbonyl (C=O) groups is 2. The van der Waals surface area contributed by atoms with E-state index in [1.807, 2.05) is 19.1 Å². The molecule has 1 saturated heterocycles. The number of amides is 2. The van der Waals surface area contributed by atoms with Gasteiger partial charge in [-0.25, -0.2) is 4.79 Å². The summed E-state index contributed by atoms with van der Waals surface area (Å²) in [6.07, 6.45) is -0.343.